The van der Waals surface area contributed by atoms with Crippen LogP contribution in [-0.4, -0.2) is 42.0 Å². The van der Waals surface area contributed by atoms with E-state index in [0.29, 0.717) is 24.2 Å². The third-order valence-electron chi connectivity index (χ3n) is 5.92. The first-order valence-corrected chi connectivity index (χ1v) is 9.61. The van der Waals surface area contributed by atoms with Crippen molar-refractivity contribution in [3.05, 3.63) is 59.7 Å². The molecule has 1 unspecified atom stereocenters. The Morgan fingerprint density at radius 1 is 1.21 bits per heavy atom. The smallest absolute Gasteiger partial charge is 0.269 e. The van der Waals surface area contributed by atoms with E-state index in [1.165, 1.54) is 24.0 Å². The number of carbonyl (C=O) groups is 1. The van der Waals surface area contributed by atoms with Crippen LogP contribution in [0.3, 0.4) is 0 Å². The second-order valence-corrected chi connectivity index (χ2v) is 7.74. The number of amides is 1. The molecule has 2 saturated heterocycles. The maximum Gasteiger partial charge on any atom is 0.269 e. The number of hydrogen-bond donors (Lipinski definition) is 0. The maximum atomic E-state index is 14.4. The van der Waals surface area contributed by atoms with Crippen LogP contribution in [0.1, 0.15) is 18.9 Å². The Labute approximate surface area is 166 Å². The van der Waals surface area contributed by atoms with Gasteiger partial charge in [0, 0.05) is 23.9 Å². The molecular weight excluding hydrogens is 386 g/mol. The number of likely N-dealkylation sites (tertiary alicyclic amines) is 1. The summed E-state index contributed by atoms with van der Waals surface area (Å²) in [7, 11) is 0. The molecule has 2 aromatic carbocycles. The summed E-state index contributed by atoms with van der Waals surface area (Å²) in [5.74, 6) is -6.33. The first-order valence-electron chi connectivity index (χ1n) is 9.61. The molecule has 29 heavy (non-hydrogen) atoms. The Bertz CT molecular complexity index is 929. The minimum atomic E-state index is -2.99. The van der Waals surface area contributed by atoms with Gasteiger partial charge in [0.05, 0.1) is 13.2 Å². The molecule has 2 aliphatic heterocycles. The van der Waals surface area contributed by atoms with Gasteiger partial charge in [-0.15, -0.1) is 0 Å². The van der Waals surface area contributed by atoms with Gasteiger partial charge in [-0.25, -0.2) is 17.6 Å². The molecule has 1 amide bonds. The summed E-state index contributed by atoms with van der Waals surface area (Å²) in [6, 6.07) is 9.93. The highest BCUT2D eigenvalue weighted by molar-refractivity contribution is 5.82. The molecule has 0 N–H and O–H groups in total. The van der Waals surface area contributed by atoms with E-state index in [1.54, 1.807) is 24.3 Å². The van der Waals surface area contributed by atoms with Gasteiger partial charge in [-0.1, -0.05) is 43.3 Å². The number of benzene rings is 2. The predicted octanol–water partition coefficient (Wildman–Crippen LogP) is 4.45. The Kier molecular flexibility index (Phi) is 5.11. The van der Waals surface area contributed by atoms with Crippen molar-refractivity contribution in [2.45, 2.75) is 37.8 Å². The number of rotatable bonds is 4. The summed E-state index contributed by atoms with van der Waals surface area (Å²) in [6.45, 7) is 1.27. The van der Waals surface area contributed by atoms with Crippen molar-refractivity contribution in [3.8, 4) is 11.1 Å². The minimum absolute atomic E-state index is 0.104. The van der Waals surface area contributed by atoms with Crippen molar-refractivity contribution in [2.24, 2.45) is 5.92 Å². The van der Waals surface area contributed by atoms with Crippen LogP contribution in [0.15, 0.2) is 42.5 Å². The second-order valence-electron chi connectivity index (χ2n) is 7.74. The monoisotopic (exact) mass is 407 g/mol. The van der Waals surface area contributed by atoms with E-state index in [0.717, 1.165) is 6.07 Å². The van der Waals surface area contributed by atoms with Crippen LogP contribution >= 0.6 is 0 Å². The number of alkyl halides is 2. The van der Waals surface area contributed by atoms with Crippen LogP contribution in [0.2, 0.25) is 0 Å². The molecule has 3 atom stereocenters. The Hall–Kier alpha value is -2.41. The molecule has 2 aliphatic rings. The normalized spacial score (nSPS) is 25.7. The Morgan fingerprint density at radius 3 is 2.62 bits per heavy atom. The molecule has 0 aliphatic carbocycles. The summed E-state index contributed by atoms with van der Waals surface area (Å²) >= 11 is 0. The SMILES string of the molecule is C[C@@H]1[C@H](Cc2cccc(-c3cccc(F)c3F)c2)N(C(=O)C2CCO2)CC1(F)F. The Morgan fingerprint density at radius 2 is 1.93 bits per heavy atom. The molecule has 2 aromatic rings. The van der Waals surface area contributed by atoms with Crippen LogP contribution in [0.4, 0.5) is 17.6 Å². The van der Waals surface area contributed by atoms with E-state index < -0.39 is 48.1 Å². The predicted molar refractivity (Wildman–Crippen MR) is 99.5 cm³/mol. The van der Waals surface area contributed by atoms with Crippen molar-refractivity contribution in [3.63, 3.8) is 0 Å². The second kappa shape index (κ2) is 7.44. The fourth-order valence-corrected chi connectivity index (χ4v) is 4.02. The third kappa shape index (κ3) is 3.64. The fraction of sp³-hybridized carbons (Fsp3) is 0.409. The zero-order valence-electron chi connectivity index (χ0n) is 15.9. The average Bonchev–Trinajstić information content (AvgIpc) is 2.86. The highest BCUT2D eigenvalue weighted by atomic mass is 19.3. The highest BCUT2D eigenvalue weighted by Gasteiger charge is 2.54. The van der Waals surface area contributed by atoms with Gasteiger partial charge in [0.15, 0.2) is 11.6 Å². The lowest BCUT2D eigenvalue weighted by Gasteiger charge is -2.33. The van der Waals surface area contributed by atoms with Gasteiger partial charge < -0.3 is 9.64 Å². The lowest BCUT2D eigenvalue weighted by atomic mass is 9.92. The van der Waals surface area contributed by atoms with Crippen LogP contribution in [0.5, 0.6) is 0 Å². The van der Waals surface area contributed by atoms with Crippen LogP contribution in [-0.2, 0) is 16.0 Å². The topological polar surface area (TPSA) is 29.5 Å². The molecule has 0 bridgehead atoms. The summed E-state index contributed by atoms with van der Waals surface area (Å²) in [5, 5.41) is 0. The molecule has 0 saturated carbocycles. The fourth-order valence-electron chi connectivity index (χ4n) is 4.02. The standard InChI is InChI=1S/C22H21F4NO2/c1-13-18(27(12-22(13,25)26)21(28)19-8-9-29-19)11-14-4-2-5-15(10-14)16-6-3-7-17(23)20(16)24/h2-7,10,13,18-19H,8-9,11-12H2,1H3/t13-,18+,19?/m1/s1. The average molecular weight is 407 g/mol. The summed E-state index contributed by atoms with van der Waals surface area (Å²) in [4.78, 5) is 13.8. The van der Waals surface area contributed by atoms with E-state index in [9.17, 15) is 22.4 Å². The molecule has 0 aromatic heterocycles. The highest BCUT2D eigenvalue weighted by Crippen LogP contribution is 2.40. The quantitative estimate of drug-likeness (QED) is 0.701. The van der Waals surface area contributed by atoms with Crippen molar-refractivity contribution in [1.82, 2.24) is 4.90 Å². The van der Waals surface area contributed by atoms with Gasteiger partial charge in [-0.2, -0.15) is 0 Å². The largest absolute Gasteiger partial charge is 0.368 e. The van der Waals surface area contributed by atoms with Crippen LogP contribution in [0.25, 0.3) is 11.1 Å². The van der Waals surface area contributed by atoms with Crippen molar-refractivity contribution < 1.29 is 27.1 Å². The number of nitrogens with zero attached hydrogens (tertiary/aromatic N) is 1. The van der Waals surface area contributed by atoms with Gasteiger partial charge >= 0.3 is 0 Å². The van der Waals surface area contributed by atoms with E-state index in [-0.39, 0.29) is 12.0 Å². The lowest BCUT2D eigenvalue weighted by molar-refractivity contribution is -0.158. The first-order chi connectivity index (χ1) is 13.8. The van der Waals surface area contributed by atoms with Crippen molar-refractivity contribution >= 4 is 5.91 Å². The summed E-state index contributed by atoms with van der Waals surface area (Å²) in [5.41, 5.74) is 1.23. The van der Waals surface area contributed by atoms with Crippen LogP contribution in [0, 0.1) is 17.6 Å². The molecule has 154 valence electrons. The zero-order valence-corrected chi connectivity index (χ0v) is 15.9. The lowest BCUT2D eigenvalue weighted by Crippen LogP contribution is -2.49. The molecule has 3 nitrogen and oxygen atoms in total. The van der Waals surface area contributed by atoms with Crippen molar-refractivity contribution in [1.29, 1.82) is 0 Å². The summed E-state index contributed by atoms with van der Waals surface area (Å²) in [6.07, 6.45) is 0.0855. The third-order valence-corrected chi connectivity index (χ3v) is 5.92. The minimum Gasteiger partial charge on any atom is -0.368 e. The van der Waals surface area contributed by atoms with Gasteiger partial charge in [0.1, 0.15) is 6.10 Å². The van der Waals surface area contributed by atoms with Gasteiger partial charge in [0.25, 0.3) is 11.8 Å². The van der Waals surface area contributed by atoms with Gasteiger partial charge in [-0.05, 0) is 23.6 Å². The molecule has 0 radical (unpaired) electrons. The molecule has 2 heterocycles. The van der Waals surface area contributed by atoms with Gasteiger partial charge in [-0.3, -0.25) is 4.79 Å². The zero-order chi connectivity index (χ0) is 20.8. The van der Waals surface area contributed by atoms with E-state index in [4.69, 9.17) is 4.74 Å². The van der Waals surface area contributed by atoms with E-state index in [2.05, 4.69) is 0 Å². The summed E-state index contributed by atoms with van der Waals surface area (Å²) < 4.78 is 61.7. The molecule has 2 fully saturated rings. The molecule has 7 heteroatoms. The maximum absolute atomic E-state index is 14.4. The number of carbonyl (C=O) groups excluding carboxylic acids is 1. The van der Waals surface area contributed by atoms with E-state index >= 15 is 0 Å². The molecular formula is C22H21F4NO2. The number of halogens is 4. The number of hydrogen-bond acceptors (Lipinski definition) is 2. The van der Waals surface area contributed by atoms with Crippen LogP contribution < -0.4 is 0 Å². The van der Waals surface area contributed by atoms with Crippen molar-refractivity contribution in [2.75, 3.05) is 13.2 Å². The molecule has 4 rings (SSSR count). The van der Waals surface area contributed by atoms with Gasteiger partial charge in [0.2, 0.25) is 0 Å². The molecule has 0 spiro atoms. The first kappa shape index (κ1) is 19.9. The number of ether oxygens (including phenoxy) is 1. The van der Waals surface area contributed by atoms with E-state index in [1.807, 2.05) is 0 Å². The Balaban J connectivity index is 1.61.